The van der Waals surface area contributed by atoms with Crippen LogP contribution in [0.4, 0.5) is 10.5 Å². The smallest absolute Gasteiger partial charge is 0.417 e. The molecule has 31 heavy (non-hydrogen) atoms. The molecule has 0 saturated carbocycles. The van der Waals surface area contributed by atoms with Crippen molar-refractivity contribution in [3.05, 3.63) is 78.4 Å². The van der Waals surface area contributed by atoms with E-state index in [4.69, 9.17) is 4.74 Å². The highest BCUT2D eigenvalue weighted by Crippen LogP contribution is 2.46. The number of carbonyl (C=O) groups is 3. The van der Waals surface area contributed by atoms with Gasteiger partial charge in [0.2, 0.25) is 5.91 Å². The molecule has 0 bridgehead atoms. The Bertz CT molecular complexity index is 1060. The van der Waals surface area contributed by atoms with E-state index in [1.54, 1.807) is 43.3 Å². The maximum atomic E-state index is 14.0. The first-order valence-corrected chi connectivity index (χ1v) is 10.2. The summed E-state index contributed by atoms with van der Waals surface area (Å²) >= 11 is 0. The minimum absolute atomic E-state index is 0.00335. The second-order valence-corrected chi connectivity index (χ2v) is 7.30. The van der Waals surface area contributed by atoms with Crippen LogP contribution in [0.5, 0.6) is 0 Å². The minimum atomic E-state index is -1.62. The summed E-state index contributed by atoms with van der Waals surface area (Å²) in [6.45, 7) is 3.56. The van der Waals surface area contributed by atoms with Crippen LogP contribution in [0.2, 0.25) is 0 Å². The Morgan fingerprint density at radius 2 is 1.77 bits per heavy atom. The molecular formula is C24H23N3O4. The summed E-state index contributed by atoms with van der Waals surface area (Å²) in [5.41, 5.74) is -0.0514. The molecule has 1 saturated heterocycles. The summed E-state index contributed by atoms with van der Waals surface area (Å²) in [5.74, 6) is -1.50. The summed E-state index contributed by atoms with van der Waals surface area (Å²) in [6.07, 6.45) is 2.74. The van der Waals surface area contributed by atoms with Gasteiger partial charge < -0.3 is 4.74 Å². The lowest BCUT2D eigenvalue weighted by Gasteiger charge is -2.35. The number of allylic oxidation sites excluding steroid dienone is 1. The van der Waals surface area contributed by atoms with Crippen molar-refractivity contribution in [3.63, 3.8) is 0 Å². The van der Waals surface area contributed by atoms with Crippen molar-refractivity contribution >= 4 is 29.3 Å². The van der Waals surface area contributed by atoms with E-state index in [9.17, 15) is 14.4 Å². The molecule has 0 unspecified atom stereocenters. The van der Waals surface area contributed by atoms with Crippen LogP contribution in [-0.2, 0) is 14.3 Å². The van der Waals surface area contributed by atoms with Crippen LogP contribution in [0.1, 0.15) is 25.8 Å². The fourth-order valence-corrected chi connectivity index (χ4v) is 4.30. The van der Waals surface area contributed by atoms with Gasteiger partial charge in [0.25, 0.3) is 5.91 Å². The van der Waals surface area contributed by atoms with Crippen LogP contribution in [0.15, 0.2) is 77.9 Å². The number of amides is 3. The lowest BCUT2D eigenvalue weighted by atomic mass is 9.77. The molecule has 2 aromatic rings. The van der Waals surface area contributed by atoms with Gasteiger partial charge in [-0.25, -0.2) is 9.69 Å². The third-order valence-electron chi connectivity index (χ3n) is 5.54. The van der Waals surface area contributed by atoms with Crippen molar-refractivity contribution in [1.29, 1.82) is 0 Å². The molecule has 1 spiro atoms. The monoisotopic (exact) mass is 417 g/mol. The maximum Gasteiger partial charge on any atom is 0.417 e. The van der Waals surface area contributed by atoms with Gasteiger partial charge in [-0.3, -0.25) is 9.59 Å². The number of hydrogen-bond acceptors (Lipinski definition) is 5. The second kappa shape index (κ2) is 8.18. The minimum Gasteiger partial charge on any atom is -0.449 e. The van der Waals surface area contributed by atoms with E-state index in [-0.39, 0.29) is 13.0 Å². The van der Waals surface area contributed by atoms with Gasteiger partial charge in [0.1, 0.15) is 5.71 Å². The molecule has 7 nitrogen and oxygen atoms in total. The van der Waals surface area contributed by atoms with Crippen molar-refractivity contribution < 1.29 is 19.1 Å². The quantitative estimate of drug-likeness (QED) is 0.710. The van der Waals surface area contributed by atoms with Crippen molar-refractivity contribution in [1.82, 2.24) is 4.90 Å². The molecule has 2 heterocycles. The average Bonchev–Trinajstić information content (AvgIpc) is 3.24. The Labute approximate surface area is 180 Å². The van der Waals surface area contributed by atoms with E-state index < -0.39 is 29.4 Å². The number of ether oxygens (including phenoxy) is 1. The maximum absolute atomic E-state index is 14.0. The highest BCUT2D eigenvalue weighted by atomic mass is 16.6. The number of anilines is 1. The zero-order valence-electron chi connectivity index (χ0n) is 17.4. The zero-order chi connectivity index (χ0) is 22.0. The number of hydrogen-bond donors (Lipinski definition) is 0. The van der Waals surface area contributed by atoms with Crippen molar-refractivity contribution in [3.8, 4) is 0 Å². The molecule has 0 N–H and O–H groups in total. The molecule has 2 atom stereocenters. The molecule has 0 aliphatic carbocycles. The normalized spacial score (nSPS) is 23.2. The predicted molar refractivity (Wildman–Crippen MR) is 116 cm³/mol. The molecule has 1 fully saturated rings. The van der Waals surface area contributed by atoms with Crippen LogP contribution in [-0.4, -0.2) is 40.7 Å². The van der Waals surface area contributed by atoms with E-state index in [2.05, 4.69) is 5.10 Å². The van der Waals surface area contributed by atoms with Crippen LogP contribution >= 0.6 is 0 Å². The van der Waals surface area contributed by atoms with Gasteiger partial charge in [-0.1, -0.05) is 60.7 Å². The number of para-hydroxylation sites is 1. The molecule has 2 aliphatic rings. The molecule has 2 aromatic carbocycles. The van der Waals surface area contributed by atoms with Crippen LogP contribution in [0, 0.1) is 5.92 Å². The van der Waals surface area contributed by atoms with Gasteiger partial charge in [0, 0.05) is 17.9 Å². The van der Waals surface area contributed by atoms with E-state index in [0.717, 1.165) is 4.90 Å². The molecule has 3 amide bonds. The lowest BCUT2D eigenvalue weighted by Crippen LogP contribution is -2.62. The highest BCUT2D eigenvalue weighted by molar-refractivity contribution is 6.32. The largest absolute Gasteiger partial charge is 0.449 e. The van der Waals surface area contributed by atoms with E-state index in [1.807, 2.05) is 43.3 Å². The molecule has 158 valence electrons. The predicted octanol–water partition coefficient (Wildman–Crippen LogP) is 3.76. The first-order chi connectivity index (χ1) is 15.1. The zero-order valence-corrected chi connectivity index (χ0v) is 17.4. The Balaban J connectivity index is 1.98. The fourth-order valence-electron chi connectivity index (χ4n) is 4.30. The molecule has 0 aromatic heterocycles. The SMILES string of the molecule is C/C=C/[C@@H]1CC(=O)N(C(=O)OCC)[C@]12C(=O)N(c1ccccc1)N=C2c1ccccc1. The van der Waals surface area contributed by atoms with Gasteiger partial charge in [-0.05, 0) is 26.0 Å². The van der Waals surface area contributed by atoms with Gasteiger partial charge in [0.05, 0.1) is 12.3 Å². The Morgan fingerprint density at radius 3 is 2.39 bits per heavy atom. The van der Waals surface area contributed by atoms with Crippen molar-refractivity contribution in [2.45, 2.75) is 25.8 Å². The molecular weight excluding hydrogens is 394 g/mol. The topological polar surface area (TPSA) is 79.3 Å². The van der Waals surface area contributed by atoms with Gasteiger partial charge >= 0.3 is 6.09 Å². The van der Waals surface area contributed by atoms with E-state index >= 15 is 0 Å². The Morgan fingerprint density at radius 1 is 1.13 bits per heavy atom. The van der Waals surface area contributed by atoms with E-state index in [1.165, 1.54) is 5.01 Å². The van der Waals surface area contributed by atoms with Gasteiger partial charge in [-0.2, -0.15) is 10.1 Å². The molecule has 2 aliphatic heterocycles. The third-order valence-corrected chi connectivity index (χ3v) is 5.54. The summed E-state index contributed by atoms with van der Waals surface area (Å²) in [5, 5.41) is 5.95. The lowest BCUT2D eigenvalue weighted by molar-refractivity contribution is -0.134. The van der Waals surface area contributed by atoms with Crippen molar-refractivity contribution in [2.24, 2.45) is 11.0 Å². The second-order valence-electron chi connectivity index (χ2n) is 7.30. The van der Waals surface area contributed by atoms with Gasteiger partial charge in [-0.15, -0.1) is 0 Å². The van der Waals surface area contributed by atoms with Crippen LogP contribution in [0.25, 0.3) is 0 Å². The number of benzene rings is 2. The van der Waals surface area contributed by atoms with E-state index in [0.29, 0.717) is 17.0 Å². The summed E-state index contributed by atoms with van der Waals surface area (Å²) < 4.78 is 5.20. The summed E-state index contributed by atoms with van der Waals surface area (Å²) in [7, 11) is 0. The molecule has 7 heteroatoms. The number of imide groups is 1. The van der Waals surface area contributed by atoms with Gasteiger partial charge in [0.15, 0.2) is 5.54 Å². The van der Waals surface area contributed by atoms with Crippen molar-refractivity contribution in [2.75, 3.05) is 11.6 Å². The first-order valence-electron chi connectivity index (χ1n) is 10.2. The Hall–Kier alpha value is -3.74. The highest BCUT2D eigenvalue weighted by Gasteiger charge is 2.67. The molecule has 0 radical (unpaired) electrons. The average molecular weight is 417 g/mol. The summed E-state index contributed by atoms with van der Waals surface area (Å²) in [4.78, 5) is 41.0. The number of hydrazone groups is 1. The summed E-state index contributed by atoms with van der Waals surface area (Å²) in [6, 6.07) is 18.1. The first kappa shape index (κ1) is 20.5. The van der Waals surface area contributed by atoms with Crippen LogP contribution in [0.3, 0.4) is 0 Å². The molecule has 4 rings (SSSR count). The number of nitrogens with zero attached hydrogens (tertiary/aromatic N) is 3. The Kier molecular flexibility index (Phi) is 5.42. The third kappa shape index (κ3) is 3.13. The number of carbonyl (C=O) groups excluding carboxylic acids is 3. The number of likely N-dealkylation sites (tertiary alicyclic amines) is 1. The number of rotatable bonds is 4. The standard InChI is InChI=1S/C24H23N3O4/c1-3-11-18-16-20(28)26(23(30)31-4-2)24(18)21(17-12-7-5-8-13-17)25-27(22(24)29)19-14-9-6-10-15-19/h3,5-15,18H,4,16H2,1-2H3/b11-3+/t18-,24-/m1/s1. The van der Waals surface area contributed by atoms with Crippen LogP contribution < -0.4 is 5.01 Å². The fraction of sp³-hybridized carbons (Fsp3) is 0.250.